The van der Waals surface area contributed by atoms with Gasteiger partial charge < -0.3 is 14.8 Å². The van der Waals surface area contributed by atoms with E-state index in [9.17, 15) is 4.79 Å². The molecule has 0 aliphatic carbocycles. The standard InChI is InChI=1S/C17H13N3O3S/c21-17(16-9-22-14-3-1-2-4-15(14)23-16)18-12-7-5-11(6-8-12)13-10-24-20-19-13/h1-8,10,16H,9H2,(H,18,21)/t16-/m0/s1. The van der Waals surface area contributed by atoms with E-state index in [4.69, 9.17) is 9.47 Å². The molecule has 0 fully saturated rings. The third kappa shape index (κ3) is 2.93. The van der Waals surface area contributed by atoms with Gasteiger partial charge >= 0.3 is 0 Å². The summed E-state index contributed by atoms with van der Waals surface area (Å²) in [5.41, 5.74) is 2.46. The van der Waals surface area contributed by atoms with E-state index in [0.717, 1.165) is 11.3 Å². The topological polar surface area (TPSA) is 73.3 Å². The van der Waals surface area contributed by atoms with Gasteiger partial charge in [-0.3, -0.25) is 4.79 Å². The normalized spacial score (nSPS) is 15.8. The van der Waals surface area contributed by atoms with Crippen molar-refractivity contribution in [2.24, 2.45) is 0 Å². The number of hydrogen-bond acceptors (Lipinski definition) is 6. The molecule has 1 N–H and O–H groups in total. The Bertz CT molecular complexity index is 850. The Balaban J connectivity index is 1.43. The van der Waals surface area contributed by atoms with Gasteiger partial charge in [0.1, 0.15) is 12.3 Å². The van der Waals surface area contributed by atoms with Crippen LogP contribution in [-0.2, 0) is 4.79 Å². The fourth-order valence-electron chi connectivity index (χ4n) is 2.39. The van der Waals surface area contributed by atoms with E-state index in [1.807, 2.05) is 47.8 Å². The van der Waals surface area contributed by atoms with Crippen LogP contribution >= 0.6 is 11.5 Å². The number of aromatic nitrogens is 2. The van der Waals surface area contributed by atoms with Crippen LogP contribution in [0, 0.1) is 0 Å². The lowest BCUT2D eigenvalue weighted by Crippen LogP contribution is -2.40. The number of carbonyl (C=O) groups is 1. The summed E-state index contributed by atoms with van der Waals surface area (Å²) in [7, 11) is 0. The van der Waals surface area contributed by atoms with Crippen LogP contribution in [0.4, 0.5) is 5.69 Å². The second kappa shape index (κ2) is 6.29. The molecular weight excluding hydrogens is 326 g/mol. The molecule has 0 radical (unpaired) electrons. The van der Waals surface area contributed by atoms with Crippen molar-refractivity contribution in [3.8, 4) is 22.8 Å². The quantitative estimate of drug-likeness (QED) is 0.794. The minimum atomic E-state index is -0.678. The highest BCUT2D eigenvalue weighted by atomic mass is 32.1. The van der Waals surface area contributed by atoms with Crippen molar-refractivity contribution in [3.05, 3.63) is 53.9 Å². The molecule has 0 spiro atoms. The van der Waals surface area contributed by atoms with Gasteiger partial charge in [0.25, 0.3) is 5.91 Å². The molecule has 1 aromatic heterocycles. The smallest absolute Gasteiger partial charge is 0.269 e. The third-order valence-electron chi connectivity index (χ3n) is 3.61. The second-order valence-corrected chi connectivity index (χ2v) is 5.83. The molecular formula is C17H13N3O3S. The van der Waals surface area contributed by atoms with Crippen molar-refractivity contribution in [1.82, 2.24) is 9.59 Å². The van der Waals surface area contributed by atoms with Crippen LogP contribution < -0.4 is 14.8 Å². The van der Waals surface area contributed by atoms with Crippen molar-refractivity contribution in [3.63, 3.8) is 0 Å². The number of hydrogen-bond donors (Lipinski definition) is 1. The Morgan fingerprint density at radius 2 is 1.92 bits per heavy atom. The molecule has 6 nitrogen and oxygen atoms in total. The van der Waals surface area contributed by atoms with Crippen molar-refractivity contribution in [2.45, 2.75) is 6.10 Å². The lowest BCUT2D eigenvalue weighted by atomic mass is 10.1. The first-order valence-corrected chi connectivity index (χ1v) is 8.20. The molecule has 24 heavy (non-hydrogen) atoms. The Labute approximate surface area is 142 Å². The second-order valence-electron chi connectivity index (χ2n) is 5.22. The zero-order valence-corrected chi connectivity index (χ0v) is 13.3. The van der Waals surface area contributed by atoms with Gasteiger partial charge in [-0.2, -0.15) is 0 Å². The van der Waals surface area contributed by atoms with Crippen molar-refractivity contribution < 1.29 is 14.3 Å². The van der Waals surface area contributed by atoms with Gasteiger partial charge in [-0.05, 0) is 35.8 Å². The lowest BCUT2D eigenvalue weighted by molar-refractivity contribution is -0.125. The Morgan fingerprint density at radius 3 is 2.67 bits per heavy atom. The number of amides is 1. The molecule has 1 amide bonds. The fraction of sp³-hybridized carbons (Fsp3) is 0.118. The number of nitrogens with one attached hydrogen (secondary N) is 1. The highest BCUT2D eigenvalue weighted by Gasteiger charge is 2.27. The average molecular weight is 339 g/mol. The van der Waals surface area contributed by atoms with E-state index in [1.54, 1.807) is 6.07 Å². The highest BCUT2D eigenvalue weighted by molar-refractivity contribution is 7.03. The predicted molar refractivity (Wildman–Crippen MR) is 90.3 cm³/mol. The molecule has 0 saturated heterocycles. The summed E-state index contributed by atoms with van der Waals surface area (Å²) in [5.74, 6) is 0.991. The summed E-state index contributed by atoms with van der Waals surface area (Å²) < 4.78 is 15.1. The zero-order valence-electron chi connectivity index (χ0n) is 12.5. The van der Waals surface area contributed by atoms with Crippen molar-refractivity contribution in [2.75, 3.05) is 11.9 Å². The molecule has 0 unspecified atom stereocenters. The van der Waals surface area contributed by atoms with Gasteiger partial charge in [0.15, 0.2) is 11.5 Å². The minimum absolute atomic E-state index is 0.186. The molecule has 0 saturated carbocycles. The average Bonchev–Trinajstić information content (AvgIpc) is 3.16. The summed E-state index contributed by atoms with van der Waals surface area (Å²) in [6.07, 6.45) is -0.678. The van der Waals surface area contributed by atoms with Gasteiger partial charge in [-0.1, -0.05) is 28.8 Å². The van der Waals surface area contributed by atoms with Crippen LogP contribution in [0.2, 0.25) is 0 Å². The number of fused-ring (bicyclic) bond motifs is 1. The molecule has 1 aliphatic rings. The van der Waals surface area contributed by atoms with E-state index < -0.39 is 6.10 Å². The van der Waals surface area contributed by atoms with Gasteiger partial charge in [-0.25, -0.2) is 0 Å². The van der Waals surface area contributed by atoms with E-state index >= 15 is 0 Å². The van der Waals surface area contributed by atoms with Crippen LogP contribution in [0.5, 0.6) is 11.5 Å². The lowest BCUT2D eigenvalue weighted by Gasteiger charge is -2.25. The molecule has 1 aliphatic heterocycles. The van der Waals surface area contributed by atoms with Gasteiger partial charge in [-0.15, -0.1) is 5.10 Å². The largest absolute Gasteiger partial charge is 0.485 e. The Morgan fingerprint density at radius 1 is 1.12 bits per heavy atom. The van der Waals surface area contributed by atoms with Crippen molar-refractivity contribution >= 4 is 23.1 Å². The third-order valence-corrected chi connectivity index (χ3v) is 4.11. The number of ether oxygens (including phenoxy) is 2. The SMILES string of the molecule is O=C(Nc1ccc(-c2csnn2)cc1)[C@@H]1COc2ccccc2O1. The predicted octanol–water partition coefficient (Wildman–Crippen LogP) is 2.98. The molecule has 1 atom stereocenters. The van der Waals surface area contributed by atoms with Gasteiger partial charge in [0, 0.05) is 16.6 Å². The number of rotatable bonds is 3. The van der Waals surface area contributed by atoms with Crippen LogP contribution in [0.3, 0.4) is 0 Å². The fourth-order valence-corrected chi connectivity index (χ4v) is 2.85. The summed E-state index contributed by atoms with van der Waals surface area (Å²) in [4.78, 5) is 12.4. The first-order chi connectivity index (χ1) is 11.8. The minimum Gasteiger partial charge on any atom is -0.485 e. The monoisotopic (exact) mass is 339 g/mol. The van der Waals surface area contributed by atoms with E-state index in [0.29, 0.717) is 17.2 Å². The molecule has 4 rings (SSSR count). The van der Waals surface area contributed by atoms with E-state index in [-0.39, 0.29) is 12.5 Å². The van der Waals surface area contributed by atoms with Gasteiger partial charge in [0.2, 0.25) is 6.10 Å². The molecule has 2 aromatic carbocycles. The maximum absolute atomic E-state index is 12.4. The number of para-hydroxylation sites is 2. The van der Waals surface area contributed by atoms with E-state index in [1.165, 1.54) is 11.5 Å². The highest BCUT2D eigenvalue weighted by Crippen LogP contribution is 2.31. The molecule has 3 aromatic rings. The maximum atomic E-state index is 12.4. The summed E-state index contributed by atoms with van der Waals surface area (Å²) in [6.45, 7) is 0.186. The molecule has 120 valence electrons. The van der Waals surface area contributed by atoms with Crippen LogP contribution in [0.25, 0.3) is 11.3 Å². The molecule has 7 heteroatoms. The van der Waals surface area contributed by atoms with Crippen molar-refractivity contribution in [1.29, 1.82) is 0 Å². The molecule has 2 heterocycles. The van der Waals surface area contributed by atoms with Crippen LogP contribution in [-0.4, -0.2) is 28.2 Å². The number of nitrogens with zero attached hydrogens (tertiary/aromatic N) is 2. The Hall–Kier alpha value is -2.93. The van der Waals surface area contributed by atoms with Gasteiger partial charge in [0.05, 0.1) is 0 Å². The Kier molecular flexibility index (Phi) is 3.84. The first kappa shape index (κ1) is 14.6. The summed E-state index contributed by atoms with van der Waals surface area (Å²) in [6, 6.07) is 14.7. The molecule has 0 bridgehead atoms. The first-order valence-electron chi connectivity index (χ1n) is 7.36. The number of benzene rings is 2. The van der Waals surface area contributed by atoms with Crippen LogP contribution in [0.1, 0.15) is 0 Å². The number of carbonyl (C=O) groups excluding carboxylic acids is 1. The summed E-state index contributed by atoms with van der Waals surface area (Å²) >= 11 is 1.30. The zero-order chi connectivity index (χ0) is 16.4. The van der Waals surface area contributed by atoms with E-state index in [2.05, 4.69) is 14.9 Å². The maximum Gasteiger partial charge on any atom is 0.269 e. The van der Waals surface area contributed by atoms with Crippen LogP contribution in [0.15, 0.2) is 53.9 Å². The summed E-state index contributed by atoms with van der Waals surface area (Å²) in [5, 5.41) is 8.73. The number of anilines is 1.